The van der Waals surface area contributed by atoms with Crippen LogP contribution < -0.4 is 28.7 Å². The number of nitrogen functional groups attached to an aromatic ring is 5. The van der Waals surface area contributed by atoms with Crippen LogP contribution in [0.2, 0.25) is 0 Å². The van der Waals surface area contributed by atoms with E-state index < -0.39 is 0 Å². The number of benzene rings is 5. The minimum atomic E-state index is 0.0413. The van der Waals surface area contributed by atoms with E-state index in [4.69, 9.17) is 37.5 Å². The summed E-state index contributed by atoms with van der Waals surface area (Å²) in [5, 5.41) is 54.8. The standard InChI is InChI=1S/C21H17N5S.C19H14N6O.C19H14N6S.C18H12N6O.C18H12N6S/c1-11-12(2)20(27-13(11)3)19-18(25-17(10-22)21(23)26-19)15-6-7-16-14(9-15)5-4-8-24-16;2*1-10-11(2)26-19(23-10)17-16(24-15(9-20)18(21)25-17)13-5-6-14-12(8-13)4-3-7-22-14;2*1-10-9-25-18(22-10)16-15(23-14(8-19)17(20)24-16)12-4-5-13-11(7-12)3-2-6-21-13/h4-9H,1-3H3,(H2,23,26);2*3-8H,1-2H3,(H2,21,25);2*2-7,9H,1H3,(H2,20,24). The number of rotatable bonds is 10. The van der Waals surface area contributed by atoms with Crippen molar-refractivity contribution in [1.29, 1.82) is 26.3 Å². The van der Waals surface area contributed by atoms with E-state index in [-0.39, 0.29) is 57.6 Å². The molecule has 0 amide bonds. The van der Waals surface area contributed by atoms with Gasteiger partial charge in [0.05, 0.1) is 55.2 Å². The highest BCUT2D eigenvalue weighted by atomic mass is 32.1. The molecule has 0 saturated heterocycles. The minimum Gasteiger partial charge on any atom is -0.443 e. The summed E-state index contributed by atoms with van der Waals surface area (Å²) in [7, 11) is 0. The van der Waals surface area contributed by atoms with Gasteiger partial charge in [0.15, 0.2) is 68.9 Å². The second kappa shape index (κ2) is 36.4. The first-order valence-electron chi connectivity index (χ1n) is 39.4. The molecular formula is C95H69N29O2S3. The lowest BCUT2D eigenvalue weighted by molar-refractivity contribution is 0.538. The Balaban J connectivity index is 0.000000118. The van der Waals surface area contributed by atoms with Crippen LogP contribution in [0.3, 0.4) is 0 Å². The van der Waals surface area contributed by atoms with Gasteiger partial charge in [-0.15, -0.1) is 34.0 Å². The highest BCUT2D eigenvalue weighted by Gasteiger charge is 2.27. The molecule has 0 fully saturated rings. The topological polar surface area (TPSA) is 520 Å². The Morgan fingerprint density at radius 2 is 0.643 bits per heavy atom. The first-order valence-corrected chi connectivity index (χ1v) is 41.9. The summed E-state index contributed by atoms with van der Waals surface area (Å²) in [4.78, 5) is 87.2. The Kier molecular flexibility index (Phi) is 24.0. The predicted molar refractivity (Wildman–Crippen MR) is 499 cm³/mol. The number of fused-ring (bicyclic) bond motifs is 5. The molecule has 10 N–H and O–H groups in total. The molecule has 0 spiro atoms. The van der Waals surface area contributed by atoms with E-state index in [9.17, 15) is 26.3 Å². The lowest BCUT2D eigenvalue weighted by Gasteiger charge is -2.11. The number of nitrogens with zero attached hydrogens (tertiary/aromatic N) is 24. The number of pyridine rings is 5. The van der Waals surface area contributed by atoms with Crippen LogP contribution >= 0.6 is 34.0 Å². The van der Waals surface area contributed by atoms with Crippen LogP contribution in [-0.2, 0) is 0 Å². The monoisotopic (exact) mass is 1740 g/mol. The third kappa shape index (κ3) is 17.7. The van der Waals surface area contributed by atoms with Gasteiger partial charge in [-0.25, -0.2) is 69.8 Å². The number of oxazole rings is 2. The molecule has 0 aliphatic rings. The van der Waals surface area contributed by atoms with Crippen molar-refractivity contribution >= 4 is 118 Å². The zero-order chi connectivity index (χ0) is 90.4. The molecule has 0 bridgehead atoms. The van der Waals surface area contributed by atoms with Crippen LogP contribution in [0, 0.1) is 119 Å². The summed E-state index contributed by atoms with van der Waals surface area (Å²) >= 11 is 4.69. The SMILES string of the molecule is Cc1coc(-c2nc(N)c(C#N)nc2-c2ccc3ncccc3c2)n1.Cc1csc(-c2nc(N)c(C#N)nc2-c2ccc3ncccc3c2)n1.Cc1nc(-c2nc(N)c(C#N)nc2-c2ccc3ncccc3c2)oc1C.Cc1nc(-c2nc(N)c(C#N)nc2-c2ccc3ncccc3c2)sc1C.Cc1sc(-c2nc(N)c(C#N)nc2-c2ccc3ncccc3c2)c(C)c1C. The zero-order valence-corrected chi connectivity index (χ0v) is 72.6. The number of anilines is 5. The number of nitriles is 5. The molecule has 0 aliphatic heterocycles. The summed E-state index contributed by atoms with van der Waals surface area (Å²) in [5.41, 5.74) is 49.8. The summed E-state index contributed by atoms with van der Waals surface area (Å²) in [6, 6.07) is 58.3. The number of hydrogen-bond acceptors (Lipinski definition) is 34. The Hall–Kier alpha value is -17.6. The molecule has 0 saturated carbocycles. The van der Waals surface area contributed by atoms with E-state index in [1.807, 2.05) is 229 Å². The van der Waals surface area contributed by atoms with Gasteiger partial charge < -0.3 is 37.5 Å². The largest absolute Gasteiger partial charge is 0.443 e. The van der Waals surface area contributed by atoms with Crippen molar-refractivity contribution < 1.29 is 8.83 Å². The molecule has 0 radical (unpaired) electrons. The van der Waals surface area contributed by atoms with Gasteiger partial charge in [-0.2, -0.15) is 26.3 Å². The Bertz CT molecular complexity index is 7670. The van der Waals surface area contributed by atoms with Gasteiger partial charge in [0, 0.05) is 107 Å². The summed E-state index contributed by atoms with van der Waals surface area (Å²) in [6.45, 7) is 17.7. The third-order valence-electron chi connectivity index (χ3n) is 20.5. The van der Waals surface area contributed by atoms with E-state index in [0.717, 1.165) is 119 Å². The average Bonchev–Trinajstić information content (AvgIpc) is 1.72. The number of thiazole rings is 2. The lowest BCUT2D eigenvalue weighted by Crippen LogP contribution is -2.03. The third-order valence-corrected chi connectivity index (χ3v) is 23.9. The zero-order valence-electron chi connectivity index (χ0n) is 70.1. The summed E-state index contributed by atoms with van der Waals surface area (Å²) < 4.78 is 11.2. The van der Waals surface area contributed by atoms with Gasteiger partial charge in [0.25, 0.3) is 0 Å². The van der Waals surface area contributed by atoms with E-state index in [1.54, 1.807) is 42.3 Å². The number of hydrogen-bond donors (Lipinski definition) is 5. The van der Waals surface area contributed by atoms with Crippen LogP contribution in [0.1, 0.15) is 77.9 Å². The van der Waals surface area contributed by atoms with Gasteiger partial charge in [-0.05, 0) is 164 Å². The maximum absolute atomic E-state index is 9.39. The molecule has 34 heteroatoms. The number of nitrogens with two attached hydrogens (primary N) is 5. The molecule has 20 aromatic rings. The minimum absolute atomic E-state index is 0.0413. The number of aryl methyl sites for hydroxylation is 7. The summed E-state index contributed by atoms with van der Waals surface area (Å²) in [5.74, 6) is 1.78. The van der Waals surface area contributed by atoms with Crippen molar-refractivity contribution in [2.45, 2.75) is 62.3 Å². The Morgan fingerprint density at radius 3 is 0.946 bits per heavy atom. The highest BCUT2D eigenvalue weighted by molar-refractivity contribution is 7.16. The molecule has 15 heterocycles. The molecule has 624 valence electrons. The number of thiophene rings is 1. The predicted octanol–water partition coefficient (Wildman–Crippen LogP) is 18.8. The number of aromatic nitrogens is 19. The molecular weight excluding hydrogens is 1680 g/mol. The lowest BCUT2D eigenvalue weighted by atomic mass is 10.0. The van der Waals surface area contributed by atoms with Crippen molar-refractivity contribution in [3.8, 4) is 142 Å². The molecule has 20 rings (SSSR count). The molecule has 0 unspecified atom stereocenters. The average molecular weight is 1740 g/mol. The molecule has 15 aromatic heterocycles. The molecule has 31 nitrogen and oxygen atoms in total. The highest BCUT2D eigenvalue weighted by Crippen LogP contribution is 2.43. The van der Waals surface area contributed by atoms with Crippen LogP contribution in [0.25, 0.3) is 166 Å². The maximum Gasteiger partial charge on any atom is 0.247 e. The van der Waals surface area contributed by atoms with E-state index in [1.165, 1.54) is 44.9 Å². The van der Waals surface area contributed by atoms with E-state index in [2.05, 4.69) is 115 Å². The van der Waals surface area contributed by atoms with Gasteiger partial charge in [0.1, 0.15) is 92.2 Å². The molecule has 129 heavy (non-hydrogen) atoms. The molecule has 5 aromatic carbocycles. The van der Waals surface area contributed by atoms with Crippen molar-refractivity contribution in [3.05, 3.63) is 272 Å². The molecule has 0 atom stereocenters. The Morgan fingerprint density at radius 1 is 0.302 bits per heavy atom. The van der Waals surface area contributed by atoms with Gasteiger partial charge in [-0.1, -0.05) is 60.7 Å². The first-order chi connectivity index (χ1) is 62.4. The van der Waals surface area contributed by atoms with Gasteiger partial charge in [0.2, 0.25) is 11.8 Å². The fraction of sp³-hybridized carbons (Fsp3) is 0.0947. The van der Waals surface area contributed by atoms with Crippen LogP contribution in [-0.4, -0.2) is 94.7 Å². The van der Waals surface area contributed by atoms with E-state index in [0.29, 0.717) is 80.2 Å². The second-order valence-electron chi connectivity index (χ2n) is 29.0. The Labute approximate surface area is 747 Å². The van der Waals surface area contributed by atoms with Crippen LogP contribution in [0.5, 0.6) is 0 Å². The second-order valence-corrected chi connectivity index (χ2v) is 32.3. The van der Waals surface area contributed by atoms with Crippen molar-refractivity contribution in [1.82, 2.24) is 94.7 Å². The quantitative estimate of drug-likeness (QED) is 0.0849. The van der Waals surface area contributed by atoms with Gasteiger partial charge in [-0.3, -0.25) is 24.9 Å². The van der Waals surface area contributed by atoms with Crippen molar-refractivity contribution in [3.63, 3.8) is 0 Å². The van der Waals surface area contributed by atoms with Crippen molar-refractivity contribution in [2.75, 3.05) is 28.7 Å². The normalized spacial score (nSPS) is 10.8. The van der Waals surface area contributed by atoms with Crippen LogP contribution in [0.4, 0.5) is 29.1 Å². The van der Waals surface area contributed by atoms with E-state index >= 15 is 0 Å². The first kappa shape index (κ1) is 85.0. The van der Waals surface area contributed by atoms with Crippen LogP contribution in [0.15, 0.2) is 203 Å². The van der Waals surface area contributed by atoms with Gasteiger partial charge >= 0.3 is 0 Å². The smallest absolute Gasteiger partial charge is 0.247 e. The fourth-order valence-electron chi connectivity index (χ4n) is 13.6. The van der Waals surface area contributed by atoms with Crippen molar-refractivity contribution in [2.24, 2.45) is 0 Å². The fourth-order valence-corrected chi connectivity index (χ4v) is 16.4. The maximum atomic E-state index is 9.39. The molecule has 0 aliphatic carbocycles. The summed E-state index contributed by atoms with van der Waals surface area (Å²) in [6.07, 6.45) is 10.3.